The summed E-state index contributed by atoms with van der Waals surface area (Å²) in [4.78, 5) is 0. The molecule has 6 aromatic rings. The van der Waals surface area contributed by atoms with E-state index in [9.17, 15) is 0 Å². The molecule has 1 aliphatic heterocycles. The monoisotopic (exact) mass is 430 g/mol. The van der Waals surface area contributed by atoms with E-state index in [1.54, 1.807) is 4.68 Å². The first-order chi connectivity index (χ1) is 15.7. The van der Waals surface area contributed by atoms with Gasteiger partial charge in [0.25, 0.3) is 0 Å². The summed E-state index contributed by atoms with van der Waals surface area (Å²) in [5.74, 6) is 6.77. The minimum atomic E-state index is -3.08. The molecule has 0 radical (unpaired) electrons. The lowest BCUT2D eigenvalue weighted by Crippen LogP contribution is -2.23. The fourth-order valence-electron chi connectivity index (χ4n) is 5.34. The molecule has 0 fully saturated rings. The minimum Gasteiger partial charge on any atom is -0.339 e. The largest absolute Gasteiger partial charge is 0.339 e. The number of rotatable bonds is 1. The maximum absolute atomic E-state index is 15.1. The Bertz CT molecular complexity index is 1770. The highest BCUT2D eigenvalue weighted by Crippen LogP contribution is 2.54. The van der Waals surface area contributed by atoms with Gasteiger partial charge in [0.2, 0.25) is 0 Å². The summed E-state index contributed by atoms with van der Waals surface area (Å²) in [6.07, 6.45) is 0. The molecule has 3 nitrogen and oxygen atoms in total. The van der Waals surface area contributed by atoms with Gasteiger partial charge in [-0.15, -0.1) is 0 Å². The Labute approximate surface area is 185 Å². The summed E-state index contributed by atoms with van der Waals surface area (Å²) >= 11 is 0. The number of nitrogens with zero attached hydrogens (tertiary/aromatic N) is 1. The van der Waals surface area contributed by atoms with Gasteiger partial charge in [0.15, 0.2) is 7.14 Å². The van der Waals surface area contributed by atoms with Crippen LogP contribution in [0.1, 0.15) is 0 Å². The average molecular weight is 430 g/mol. The molecule has 1 aliphatic rings. The van der Waals surface area contributed by atoms with Crippen LogP contribution in [0.15, 0.2) is 103 Å². The lowest BCUT2D eigenvalue weighted by Gasteiger charge is -2.17. The number of nitrogen functional groups attached to an aromatic ring is 1. The zero-order valence-corrected chi connectivity index (χ0v) is 18.1. The summed E-state index contributed by atoms with van der Waals surface area (Å²) < 4.78 is 16.8. The maximum Gasteiger partial charge on any atom is 0.174 e. The van der Waals surface area contributed by atoms with Gasteiger partial charge in [0.05, 0.1) is 16.3 Å². The molecule has 1 aromatic heterocycles. The normalized spacial score (nSPS) is 17.1. The summed E-state index contributed by atoms with van der Waals surface area (Å²) in [7, 11) is -3.08. The van der Waals surface area contributed by atoms with Crippen molar-refractivity contribution in [3.63, 3.8) is 0 Å². The van der Waals surface area contributed by atoms with E-state index in [1.807, 2.05) is 60.7 Å². The Morgan fingerprint density at radius 3 is 2.16 bits per heavy atom. The summed E-state index contributed by atoms with van der Waals surface area (Å²) in [5.41, 5.74) is 3.85. The molecule has 32 heavy (non-hydrogen) atoms. The van der Waals surface area contributed by atoms with E-state index >= 15 is 4.57 Å². The Morgan fingerprint density at radius 1 is 0.656 bits per heavy atom. The number of fused-ring (bicyclic) bond motifs is 8. The van der Waals surface area contributed by atoms with Crippen molar-refractivity contribution in [2.45, 2.75) is 0 Å². The predicted octanol–water partition coefficient (Wildman–Crippen LogP) is 5.28. The predicted molar refractivity (Wildman–Crippen MR) is 135 cm³/mol. The van der Waals surface area contributed by atoms with Gasteiger partial charge in [-0.05, 0) is 34.0 Å². The second kappa shape index (κ2) is 6.12. The smallest absolute Gasteiger partial charge is 0.174 e. The van der Waals surface area contributed by atoms with Crippen molar-refractivity contribution in [3.8, 4) is 11.1 Å². The van der Waals surface area contributed by atoms with Crippen molar-refractivity contribution < 1.29 is 4.57 Å². The topological polar surface area (TPSA) is 48.0 Å². The SMILES string of the molecule is Nn1c2cc3ccccc3cc2c2ccc3c(c21)P(=O)(c1ccccc1)c1ccccc1-3. The van der Waals surface area contributed by atoms with Crippen LogP contribution >= 0.6 is 7.14 Å². The summed E-state index contributed by atoms with van der Waals surface area (Å²) in [6, 6.07) is 34.8. The molecule has 7 rings (SSSR count). The van der Waals surface area contributed by atoms with Crippen LogP contribution in [-0.4, -0.2) is 4.68 Å². The zero-order valence-electron chi connectivity index (χ0n) is 17.2. The van der Waals surface area contributed by atoms with E-state index in [-0.39, 0.29) is 0 Å². The second-order valence-electron chi connectivity index (χ2n) is 8.41. The molecular formula is C28H19N2OP. The summed E-state index contributed by atoms with van der Waals surface area (Å²) in [5, 5.41) is 7.02. The standard InChI is InChI=1S/C28H19N2OP/c29-30-25-17-19-9-5-4-8-18(19)16-24(25)22-14-15-23-21-12-6-7-13-26(21)32(31,28(23)27(22)30)20-10-2-1-3-11-20/h1-17H,29H2. The highest BCUT2D eigenvalue weighted by molar-refractivity contribution is 7.86. The average Bonchev–Trinajstić information content (AvgIpc) is 3.28. The van der Waals surface area contributed by atoms with Gasteiger partial charge in [0.1, 0.15) is 0 Å². The van der Waals surface area contributed by atoms with Crippen molar-refractivity contribution in [2.24, 2.45) is 0 Å². The van der Waals surface area contributed by atoms with Crippen molar-refractivity contribution in [1.82, 2.24) is 4.68 Å². The van der Waals surface area contributed by atoms with Crippen molar-refractivity contribution in [2.75, 3.05) is 5.84 Å². The van der Waals surface area contributed by atoms with Crippen LogP contribution in [-0.2, 0) is 4.57 Å². The van der Waals surface area contributed by atoms with Crippen LogP contribution < -0.4 is 21.8 Å². The third-order valence-electron chi connectivity index (χ3n) is 6.77. The first-order valence-corrected chi connectivity index (χ1v) is 12.4. The molecule has 0 spiro atoms. The van der Waals surface area contributed by atoms with Crippen LogP contribution in [0, 0.1) is 0 Å². The molecule has 0 saturated heterocycles. The van der Waals surface area contributed by atoms with Crippen LogP contribution in [0.25, 0.3) is 43.7 Å². The van der Waals surface area contributed by atoms with Gasteiger partial charge in [-0.25, -0.2) is 0 Å². The molecular weight excluding hydrogens is 411 g/mol. The molecule has 2 N–H and O–H groups in total. The van der Waals surface area contributed by atoms with Gasteiger partial charge in [0, 0.05) is 21.4 Å². The first-order valence-electron chi connectivity index (χ1n) is 10.7. The van der Waals surface area contributed by atoms with E-state index in [1.165, 1.54) is 5.39 Å². The molecule has 1 atom stereocenters. The molecule has 0 amide bonds. The highest BCUT2D eigenvalue weighted by atomic mass is 31.2. The van der Waals surface area contributed by atoms with E-state index in [4.69, 9.17) is 5.84 Å². The van der Waals surface area contributed by atoms with Crippen molar-refractivity contribution >= 4 is 55.6 Å². The zero-order chi connectivity index (χ0) is 21.4. The van der Waals surface area contributed by atoms with E-state index in [2.05, 4.69) is 42.5 Å². The lowest BCUT2D eigenvalue weighted by molar-refractivity contribution is 0.593. The van der Waals surface area contributed by atoms with Crippen LogP contribution in [0.4, 0.5) is 0 Å². The third kappa shape index (κ3) is 2.09. The number of aromatic nitrogens is 1. The van der Waals surface area contributed by atoms with Gasteiger partial charge >= 0.3 is 0 Å². The van der Waals surface area contributed by atoms with Crippen LogP contribution in [0.2, 0.25) is 0 Å². The van der Waals surface area contributed by atoms with Crippen molar-refractivity contribution in [1.29, 1.82) is 0 Å². The second-order valence-corrected chi connectivity index (χ2v) is 11.1. The van der Waals surface area contributed by atoms with E-state index in [0.717, 1.165) is 54.2 Å². The van der Waals surface area contributed by atoms with Gasteiger partial charge in [-0.3, -0.25) is 4.68 Å². The number of benzene rings is 5. The fraction of sp³-hybridized carbons (Fsp3) is 0. The molecule has 0 aliphatic carbocycles. The number of hydrogen-bond donors (Lipinski definition) is 1. The molecule has 5 aromatic carbocycles. The van der Waals surface area contributed by atoms with E-state index < -0.39 is 7.14 Å². The molecule has 1 unspecified atom stereocenters. The Balaban J connectivity index is 1.70. The van der Waals surface area contributed by atoms with Gasteiger partial charge in [-0.2, -0.15) is 0 Å². The summed E-state index contributed by atoms with van der Waals surface area (Å²) in [6.45, 7) is 0. The van der Waals surface area contributed by atoms with Gasteiger partial charge in [-0.1, -0.05) is 91.0 Å². The molecule has 2 heterocycles. The fourth-order valence-corrected chi connectivity index (χ4v) is 8.60. The van der Waals surface area contributed by atoms with E-state index in [0.29, 0.717) is 0 Å². The van der Waals surface area contributed by atoms with Crippen molar-refractivity contribution in [3.05, 3.63) is 103 Å². The molecule has 0 bridgehead atoms. The number of nitrogens with two attached hydrogens (primary N) is 1. The minimum absolute atomic E-state index is 0.842. The Kier molecular flexibility index (Phi) is 3.41. The third-order valence-corrected chi connectivity index (χ3v) is 9.95. The Hall–Kier alpha value is -3.81. The highest BCUT2D eigenvalue weighted by Gasteiger charge is 2.42. The lowest BCUT2D eigenvalue weighted by atomic mass is 10.0. The van der Waals surface area contributed by atoms with Crippen LogP contribution in [0.5, 0.6) is 0 Å². The maximum atomic E-state index is 15.1. The quantitative estimate of drug-likeness (QED) is 0.285. The first kappa shape index (κ1) is 17.8. The van der Waals surface area contributed by atoms with Crippen LogP contribution in [0.3, 0.4) is 0 Å². The van der Waals surface area contributed by atoms with Gasteiger partial charge < -0.3 is 10.4 Å². The molecule has 4 heteroatoms. The molecule has 152 valence electrons. The number of hydrogen-bond acceptors (Lipinski definition) is 2. The molecule has 0 saturated carbocycles. The Morgan fingerprint density at radius 2 is 1.34 bits per heavy atom.